The molecular formula is C12H14N2S. The number of benzene rings is 1. The number of aromatic nitrogens is 1. The first-order valence-electron chi connectivity index (χ1n) is 4.96. The van der Waals surface area contributed by atoms with Crippen LogP contribution in [-0.4, -0.2) is 4.98 Å². The minimum atomic E-state index is 0.0210. The minimum absolute atomic E-state index is 0.0210. The maximum Gasteiger partial charge on any atom is 0.110 e. The molecule has 2 N–H and O–H groups in total. The van der Waals surface area contributed by atoms with Crippen LogP contribution in [-0.2, 0) is 6.42 Å². The molecule has 0 spiro atoms. The fraction of sp³-hybridized carbons (Fsp3) is 0.250. The number of hydrogen-bond acceptors (Lipinski definition) is 3. The van der Waals surface area contributed by atoms with Crippen molar-refractivity contribution in [2.75, 3.05) is 0 Å². The molecule has 0 unspecified atom stereocenters. The Labute approximate surface area is 93.8 Å². The lowest BCUT2D eigenvalue weighted by atomic mass is 10.1. The van der Waals surface area contributed by atoms with E-state index in [-0.39, 0.29) is 6.04 Å². The normalized spacial score (nSPS) is 12.7. The average molecular weight is 218 g/mol. The smallest absolute Gasteiger partial charge is 0.110 e. The van der Waals surface area contributed by atoms with Crippen LogP contribution in [0.15, 0.2) is 35.8 Å². The number of thiazole rings is 1. The van der Waals surface area contributed by atoms with Gasteiger partial charge in [-0.2, -0.15) is 0 Å². The summed E-state index contributed by atoms with van der Waals surface area (Å²) in [6, 6.07) is 8.51. The van der Waals surface area contributed by atoms with Crippen molar-refractivity contribution in [1.82, 2.24) is 4.98 Å². The third-order valence-corrected chi connectivity index (χ3v) is 3.25. The second-order valence-electron chi connectivity index (χ2n) is 3.67. The third-order valence-electron chi connectivity index (χ3n) is 2.34. The first-order valence-corrected chi connectivity index (χ1v) is 5.84. The highest BCUT2D eigenvalue weighted by Gasteiger charge is 2.08. The quantitative estimate of drug-likeness (QED) is 0.860. The van der Waals surface area contributed by atoms with Gasteiger partial charge in [-0.3, -0.25) is 0 Å². The second kappa shape index (κ2) is 4.55. The van der Waals surface area contributed by atoms with Crippen LogP contribution in [0.3, 0.4) is 0 Å². The van der Waals surface area contributed by atoms with E-state index in [1.54, 1.807) is 17.5 Å². The summed E-state index contributed by atoms with van der Waals surface area (Å²) < 4.78 is 0. The van der Waals surface area contributed by atoms with Gasteiger partial charge in [0.2, 0.25) is 0 Å². The Hall–Kier alpha value is -1.19. The lowest BCUT2D eigenvalue weighted by Crippen LogP contribution is -2.12. The molecule has 2 aromatic rings. The number of nitrogens with zero attached hydrogens (tertiary/aromatic N) is 1. The Morgan fingerprint density at radius 3 is 2.67 bits per heavy atom. The lowest BCUT2D eigenvalue weighted by molar-refractivity contribution is 0.715. The van der Waals surface area contributed by atoms with Crippen molar-refractivity contribution < 1.29 is 0 Å². The zero-order chi connectivity index (χ0) is 10.7. The molecule has 0 bridgehead atoms. The van der Waals surface area contributed by atoms with E-state index in [2.05, 4.69) is 36.2 Å². The molecule has 1 aromatic carbocycles. The van der Waals surface area contributed by atoms with Gasteiger partial charge in [0.25, 0.3) is 0 Å². The molecule has 0 fully saturated rings. The summed E-state index contributed by atoms with van der Waals surface area (Å²) >= 11 is 1.62. The van der Waals surface area contributed by atoms with Gasteiger partial charge in [0, 0.05) is 11.6 Å². The summed E-state index contributed by atoms with van der Waals surface area (Å²) in [7, 11) is 0. The highest BCUT2D eigenvalue weighted by Crippen LogP contribution is 2.18. The van der Waals surface area contributed by atoms with Crippen LogP contribution in [0, 0.1) is 6.92 Å². The molecule has 1 aromatic heterocycles. The maximum atomic E-state index is 6.06. The molecule has 1 heterocycles. The van der Waals surface area contributed by atoms with Crippen molar-refractivity contribution in [3.8, 4) is 0 Å². The molecule has 0 aliphatic heterocycles. The number of nitrogens with two attached hydrogens (primary N) is 1. The van der Waals surface area contributed by atoms with Gasteiger partial charge in [-0.25, -0.2) is 4.98 Å². The Morgan fingerprint density at radius 1 is 1.33 bits per heavy atom. The summed E-state index contributed by atoms with van der Waals surface area (Å²) in [6.07, 6.45) is 2.66. The summed E-state index contributed by atoms with van der Waals surface area (Å²) in [5.41, 5.74) is 8.60. The van der Waals surface area contributed by atoms with E-state index in [4.69, 9.17) is 5.73 Å². The van der Waals surface area contributed by atoms with Crippen LogP contribution in [0.2, 0.25) is 0 Å². The van der Waals surface area contributed by atoms with Gasteiger partial charge >= 0.3 is 0 Å². The van der Waals surface area contributed by atoms with Gasteiger partial charge in [0.15, 0.2) is 0 Å². The van der Waals surface area contributed by atoms with Gasteiger partial charge in [0.05, 0.1) is 6.04 Å². The van der Waals surface area contributed by atoms with E-state index in [9.17, 15) is 0 Å². The minimum Gasteiger partial charge on any atom is -0.322 e. The molecule has 0 saturated heterocycles. The van der Waals surface area contributed by atoms with Crippen molar-refractivity contribution in [1.29, 1.82) is 0 Å². The van der Waals surface area contributed by atoms with Crippen LogP contribution in [0.25, 0.3) is 0 Å². The predicted octanol–water partition coefficient (Wildman–Crippen LogP) is 2.69. The Balaban J connectivity index is 2.06. The SMILES string of the molecule is Cc1ccc(C[C@H](N)c2nccs2)cc1. The van der Waals surface area contributed by atoms with E-state index in [1.165, 1.54) is 11.1 Å². The van der Waals surface area contributed by atoms with Crippen LogP contribution in [0.5, 0.6) is 0 Å². The first-order chi connectivity index (χ1) is 7.25. The summed E-state index contributed by atoms with van der Waals surface area (Å²) in [5, 5.41) is 2.97. The van der Waals surface area contributed by atoms with Crippen molar-refractivity contribution >= 4 is 11.3 Å². The van der Waals surface area contributed by atoms with E-state index >= 15 is 0 Å². The molecule has 2 rings (SSSR count). The Morgan fingerprint density at radius 2 is 2.07 bits per heavy atom. The fourth-order valence-corrected chi connectivity index (χ4v) is 2.12. The maximum absolute atomic E-state index is 6.06. The van der Waals surface area contributed by atoms with Gasteiger partial charge in [0.1, 0.15) is 5.01 Å². The highest BCUT2D eigenvalue weighted by atomic mass is 32.1. The van der Waals surface area contributed by atoms with Gasteiger partial charge in [-0.15, -0.1) is 11.3 Å². The van der Waals surface area contributed by atoms with E-state index in [0.29, 0.717) is 0 Å². The molecular weight excluding hydrogens is 204 g/mol. The number of hydrogen-bond donors (Lipinski definition) is 1. The number of rotatable bonds is 3. The Bertz CT molecular complexity index is 406. The molecule has 0 amide bonds. The molecule has 15 heavy (non-hydrogen) atoms. The zero-order valence-electron chi connectivity index (χ0n) is 8.68. The van der Waals surface area contributed by atoms with Gasteiger partial charge in [-0.1, -0.05) is 29.8 Å². The summed E-state index contributed by atoms with van der Waals surface area (Å²) in [6.45, 7) is 2.09. The van der Waals surface area contributed by atoms with Crippen LogP contribution in [0.1, 0.15) is 22.2 Å². The van der Waals surface area contributed by atoms with Gasteiger partial charge in [-0.05, 0) is 18.9 Å². The molecule has 0 saturated carbocycles. The van der Waals surface area contributed by atoms with Crippen LogP contribution < -0.4 is 5.73 Å². The van der Waals surface area contributed by atoms with E-state index in [1.807, 2.05) is 5.38 Å². The van der Waals surface area contributed by atoms with E-state index in [0.717, 1.165) is 11.4 Å². The predicted molar refractivity (Wildman–Crippen MR) is 63.9 cm³/mol. The van der Waals surface area contributed by atoms with Crippen molar-refractivity contribution in [2.45, 2.75) is 19.4 Å². The Kier molecular flexibility index (Phi) is 3.14. The summed E-state index contributed by atoms with van der Waals surface area (Å²) in [5.74, 6) is 0. The molecule has 78 valence electrons. The third kappa shape index (κ3) is 2.64. The highest BCUT2D eigenvalue weighted by molar-refractivity contribution is 7.09. The molecule has 0 aliphatic rings. The largest absolute Gasteiger partial charge is 0.322 e. The van der Waals surface area contributed by atoms with Crippen molar-refractivity contribution in [3.63, 3.8) is 0 Å². The van der Waals surface area contributed by atoms with Crippen LogP contribution in [0.4, 0.5) is 0 Å². The molecule has 2 nitrogen and oxygen atoms in total. The standard InChI is InChI=1S/C12H14N2S/c1-9-2-4-10(5-3-9)8-11(13)12-14-6-7-15-12/h2-7,11H,8,13H2,1H3/t11-/m0/s1. The number of aryl methyl sites for hydroxylation is 1. The second-order valence-corrected chi connectivity index (χ2v) is 4.59. The van der Waals surface area contributed by atoms with E-state index < -0.39 is 0 Å². The van der Waals surface area contributed by atoms with Crippen LogP contribution >= 0.6 is 11.3 Å². The monoisotopic (exact) mass is 218 g/mol. The molecule has 0 aliphatic carbocycles. The molecule has 1 atom stereocenters. The molecule has 3 heteroatoms. The topological polar surface area (TPSA) is 38.9 Å². The molecule has 0 radical (unpaired) electrons. The summed E-state index contributed by atoms with van der Waals surface area (Å²) in [4.78, 5) is 4.22. The zero-order valence-corrected chi connectivity index (χ0v) is 9.50. The first kappa shape index (κ1) is 10.3. The van der Waals surface area contributed by atoms with Gasteiger partial charge < -0.3 is 5.73 Å². The lowest BCUT2D eigenvalue weighted by Gasteiger charge is -2.08. The van der Waals surface area contributed by atoms with Crippen molar-refractivity contribution in [2.24, 2.45) is 5.73 Å². The average Bonchev–Trinajstić information content (AvgIpc) is 2.74. The fourth-order valence-electron chi connectivity index (χ4n) is 1.48. The van der Waals surface area contributed by atoms with Crippen molar-refractivity contribution in [3.05, 3.63) is 52.0 Å².